The van der Waals surface area contributed by atoms with Gasteiger partial charge in [0.2, 0.25) is 0 Å². The zero-order chi connectivity index (χ0) is 22.2. The summed E-state index contributed by atoms with van der Waals surface area (Å²) in [6.07, 6.45) is 2.20. The number of fused-ring (bicyclic) bond motifs is 2. The topological polar surface area (TPSA) is 63.1 Å². The number of nitrogens with zero attached hydrogens (tertiary/aromatic N) is 3. The number of H-pyrrole nitrogens is 1. The van der Waals surface area contributed by atoms with Crippen LogP contribution in [-0.4, -0.2) is 45.7 Å². The Morgan fingerprint density at radius 3 is 2.64 bits per heavy atom. The van der Waals surface area contributed by atoms with Gasteiger partial charge in [-0.3, -0.25) is 9.69 Å². The second-order valence-electron chi connectivity index (χ2n) is 8.40. The van der Waals surface area contributed by atoms with Crippen molar-refractivity contribution in [1.29, 1.82) is 0 Å². The average molecular weight is 457 g/mol. The third-order valence-corrected chi connectivity index (χ3v) is 7.32. The molecule has 7 heteroatoms. The van der Waals surface area contributed by atoms with E-state index in [2.05, 4.69) is 75.2 Å². The van der Waals surface area contributed by atoms with Crippen LogP contribution in [-0.2, 0) is 17.8 Å². The summed E-state index contributed by atoms with van der Waals surface area (Å²) in [5.74, 6) is 0.713. The van der Waals surface area contributed by atoms with Crippen molar-refractivity contribution in [1.82, 2.24) is 19.4 Å². The molecule has 33 heavy (non-hydrogen) atoms. The highest BCUT2D eigenvalue weighted by atomic mass is 32.1. The van der Waals surface area contributed by atoms with E-state index < -0.39 is 0 Å². The lowest BCUT2D eigenvalue weighted by Crippen LogP contribution is -2.36. The average Bonchev–Trinajstić information content (AvgIpc) is 3.43. The Morgan fingerprint density at radius 2 is 1.79 bits per heavy atom. The van der Waals surface area contributed by atoms with Crippen molar-refractivity contribution in [2.45, 2.75) is 13.1 Å². The number of ether oxygens (including phenoxy) is 1. The Hall–Kier alpha value is -3.26. The van der Waals surface area contributed by atoms with Crippen LogP contribution < -0.4 is 5.56 Å². The summed E-state index contributed by atoms with van der Waals surface area (Å²) >= 11 is 1.51. The number of morpholine rings is 1. The molecule has 6 nitrogen and oxygen atoms in total. The Morgan fingerprint density at radius 1 is 1.00 bits per heavy atom. The second-order valence-corrected chi connectivity index (χ2v) is 9.45. The normalized spacial score (nSPS) is 14.9. The molecule has 166 valence electrons. The predicted octanol–water partition coefficient (Wildman–Crippen LogP) is 4.49. The Bertz CT molecular complexity index is 1480. The molecule has 5 aromatic rings. The van der Waals surface area contributed by atoms with Gasteiger partial charge in [-0.2, -0.15) is 0 Å². The molecule has 1 fully saturated rings. The predicted molar refractivity (Wildman–Crippen MR) is 133 cm³/mol. The lowest BCUT2D eigenvalue weighted by molar-refractivity contribution is 0.0331. The van der Waals surface area contributed by atoms with Crippen LogP contribution in [0.15, 0.2) is 71.7 Å². The monoisotopic (exact) mass is 456 g/mol. The summed E-state index contributed by atoms with van der Waals surface area (Å²) in [4.78, 5) is 24.0. The van der Waals surface area contributed by atoms with Crippen molar-refractivity contribution in [2.75, 3.05) is 26.3 Å². The van der Waals surface area contributed by atoms with Gasteiger partial charge in [0.1, 0.15) is 10.5 Å². The molecule has 4 heterocycles. The van der Waals surface area contributed by atoms with Crippen LogP contribution in [0.1, 0.15) is 11.4 Å². The van der Waals surface area contributed by atoms with Gasteiger partial charge >= 0.3 is 0 Å². The smallest absolute Gasteiger partial charge is 0.268 e. The van der Waals surface area contributed by atoms with Crippen molar-refractivity contribution >= 4 is 32.5 Å². The quantitative estimate of drug-likeness (QED) is 0.423. The van der Waals surface area contributed by atoms with E-state index in [9.17, 15) is 4.79 Å². The number of para-hydroxylation sites is 1. The summed E-state index contributed by atoms with van der Waals surface area (Å²) in [6, 6.07) is 21.0. The number of hydrogen-bond donors (Lipinski definition) is 1. The minimum Gasteiger partial charge on any atom is -0.379 e. The maximum atomic E-state index is 12.9. The minimum atomic E-state index is -0.0625. The van der Waals surface area contributed by atoms with Crippen molar-refractivity contribution in [2.24, 2.45) is 0 Å². The van der Waals surface area contributed by atoms with E-state index in [1.165, 1.54) is 27.8 Å². The number of rotatable bonds is 5. The maximum absolute atomic E-state index is 12.9. The van der Waals surface area contributed by atoms with Crippen molar-refractivity contribution < 1.29 is 4.74 Å². The highest BCUT2D eigenvalue weighted by molar-refractivity contribution is 7.22. The van der Waals surface area contributed by atoms with Crippen LogP contribution in [0.4, 0.5) is 0 Å². The fourth-order valence-electron chi connectivity index (χ4n) is 4.52. The van der Waals surface area contributed by atoms with Crippen LogP contribution >= 0.6 is 11.3 Å². The van der Waals surface area contributed by atoms with Gasteiger partial charge in [0.25, 0.3) is 5.56 Å². The first-order chi connectivity index (χ1) is 16.2. The van der Waals surface area contributed by atoms with Gasteiger partial charge < -0.3 is 14.3 Å². The van der Waals surface area contributed by atoms with E-state index in [1.54, 1.807) is 0 Å². The van der Waals surface area contributed by atoms with E-state index in [1.807, 2.05) is 6.07 Å². The van der Waals surface area contributed by atoms with Gasteiger partial charge in [-0.1, -0.05) is 48.5 Å². The maximum Gasteiger partial charge on any atom is 0.268 e. The van der Waals surface area contributed by atoms with Crippen LogP contribution in [0.3, 0.4) is 0 Å². The van der Waals surface area contributed by atoms with Crippen LogP contribution in [0, 0.1) is 0 Å². The number of thiophene rings is 1. The molecular weight excluding hydrogens is 432 g/mol. The van der Waals surface area contributed by atoms with Crippen molar-refractivity contribution in [3.63, 3.8) is 0 Å². The summed E-state index contributed by atoms with van der Waals surface area (Å²) < 4.78 is 8.38. The van der Waals surface area contributed by atoms with E-state index in [0.717, 1.165) is 48.8 Å². The van der Waals surface area contributed by atoms with Crippen LogP contribution in [0.5, 0.6) is 0 Å². The minimum absolute atomic E-state index is 0.0625. The largest absolute Gasteiger partial charge is 0.379 e. The molecule has 0 spiro atoms. The molecule has 1 aliphatic heterocycles. The van der Waals surface area contributed by atoms with Gasteiger partial charge in [-0.15, -0.1) is 11.3 Å². The molecule has 0 unspecified atom stereocenters. The molecule has 1 N–H and O–H groups in total. The third kappa shape index (κ3) is 3.99. The van der Waals surface area contributed by atoms with Crippen molar-refractivity contribution in [3.05, 3.63) is 88.6 Å². The highest BCUT2D eigenvalue weighted by Gasteiger charge is 2.17. The summed E-state index contributed by atoms with van der Waals surface area (Å²) in [7, 11) is 0. The summed E-state index contributed by atoms with van der Waals surface area (Å²) in [5, 5.41) is 1.19. The first-order valence-electron chi connectivity index (χ1n) is 11.2. The fourth-order valence-corrected chi connectivity index (χ4v) is 5.54. The van der Waals surface area contributed by atoms with Gasteiger partial charge in [0.15, 0.2) is 0 Å². The molecule has 3 aromatic heterocycles. The first kappa shape index (κ1) is 20.4. The van der Waals surface area contributed by atoms with E-state index in [0.29, 0.717) is 17.1 Å². The summed E-state index contributed by atoms with van der Waals surface area (Å²) in [6.45, 7) is 4.60. The van der Waals surface area contributed by atoms with E-state index in [-0.39, 0.29) is 5.56 Å². The molecule has 0 bridgehead atoms. The number of aromatic amines is 1. The fraction of sp³-hybridized carbons (Fsp3) is 0.231. The molecule has 6 rings (SSSR count). The van der Waals surface area contributed by atoms with E-state index >= 15 is 0 Å². The molecule has 1 aliphatic rings. The molecule has 0 amide bonds. The van der Waals surface area contributed by atoms with Gasteiger partial charge in [0.05, 0.1) is 25.3 Å². The zero-order valence-electron chi connectivity index (χ0n) is 18.2. The van der Waals surface area contributed by atoms with E-state index in [4.69, 9.17) is 9.72 Å². The standard InChI is InChI=1S/C26H24N4O2S/c31-26-25-21(27-24(28-26)17-29-10-12-32-13-11-29)14-23(33-25)20-16-30(15-18-6-2-1-3-7-18)22-9-5-4-8-19(20)22/h1-9,14,16H,10-13,15,17H2,(H,27,28,31). The molecule has 1 saturated heterocycles. The number of aromatic nitrogens is 3. The lowest BCUT2D eigenvalue weighted by Gasteiger charge is -2.25. The first-order valence-corrected chi connectivity index (χ1v) is 12.0. The second kappa shape index (κ2) is 8.59. The van der Waals surface area contributed by atoms with Gasteiger partial charge in [-0.25, -0.2) is 4.98 Å². The molecule has 0 radical (unpaired) electrons. The lowest BCUT2D eigenvalue weighted by atomic mass is 10.1. The SMILES string of the molecule is O=c1[nH]c(CN2CCOCC2)nc2cc(-c3cn(Cc4ccccc4)c4ccccc34)sc12. The molecule has 0 saturated carbocycles. The Labute approximate surface area is 195 Å². The van der Waals surface area contributed by atoms with Crippen LogP contribution in [0.25, 0.3) is 31.6 Å². The van der Waals surface area contributed by atoms with Crippen LogP contribution in [0.2, 0.25) is 0 Å². The molecular formula is C26H24N4O2S. The Kier molecular flexibility index (Phi) is 5.30. The van der Waals surface area contributed by atoms with Crippen molar-refractivity contribution in [3.8, 4) is 10.4 Å². The third-order valence-electron chi connectivity index (χ3n) is 6.16. The summed E-state index contributed by atoms with van der Waals surface area (Å²) in [5.41, 5.74) is 4.28. The van der Waals surface area contributed by atoms with Gasteiger partial charge in [-0.05, 0) is 17.7 Å². The number of nitrogens with one attached hydrogen (secondary N) is 1. The number of hydrogen-bond acceptors (Lipinski definition) is 5. The Balaban J connectivity index is 1.39. The molecule has 0 atom stereocenters. The molecule has 0 aliphatic carbocycles. The number of benzene rings is 2. The highest BCUT2D eigenvalue weighted by Crippen LogP contribution is 2.37. The zero-order valence-corrected chi connectivity index (χ0v) is 19.0. The molecule has 2 aromatic carbocycles. The van der Waals surface area contributed by atoms with Gasteiger partial charge in [0, 0.05) is 47.2 Å².